The predicted octanol–water partition coefficient (Wildman–Crippen LogP) is 5.49. The van der Waals surface area contributed by atoms with E-state index in [1.807, 2.05) is 12.1 Å². The summed E-state index contributed by atoms with van der Waals surface area (Å²) in [5.41, 5.74) is 4.11. The van der Waals surface area contributed by atoms with Crippen molar-refractivity contribution < 1.29 is 19.4 Å². The Morgan fingerprint density at radius 3 is 2.00 bits per heavy atom. The van der Waals surface area contributed by atoms with Crippen LogP contribution >= 0.6 is 15.9 Å². The van der Waals surface area contributed by atoms with E-state index in [0.717, 1.165) is 40.9 Å². The molecule has 0 aromatic heterocycles. The quantitative estimate of drug-likeness (QED) is 0.590. The van der Waals surface area contributed by atoms with Crippen LogP contribution in [0.3, 0.4) is 0 Å². The molecule has 1 aromatic carbocycles. The van der Waals surface area contributed by atoms with Gasteiger partial charge in [0.05, 0.1) is 11.1 Å². The number of benzene rings is 1. The molecular formula is C26H32BrNO4. The molecule has 5 nitrogen and oxygen atoms in total. The average Bonchev–Trinajstić information content (AvgIpc) is 2.66. The second kappa shape index (κ2) is 8.14. The van der Waals surface area contributed by atoms with Gasteiger partial charge in [0.2, 0.25) is 0 Å². The molecule has 0 spiro atoms. The van der Waals surface area contributed by atoms with Crippen LogP contribution in [0, 0.1) is 10.8 Å². The number of phenolic OH excluding ortho intramolecular Hbond substituents is 1. The van der Waals surface area contributed by atoms with Gasteiger partial charge in [-0.25, -0.2) is 0 Å². The summed E-state index contributed by atoms with van der Waals surface area (Å²) in [6.07, 6.45) is 2.47. The van der Waals surface area contributed by atoms with Crippen molar-refractivity contribution in [2.75, 3.05) is 20.3 Å². The fraction of sp³-hybridized carbons (Fsp3) is 0.538. The van der Waals surface area contributed by atoms with E-state index in [2.05, 4.69) is 48.5 Å². The molecule has 0 unspecified atom stereocenters. The zero-order chi connectivity index (χ0) is 23.4. The van der Waals surface area contributed by atoms with Gasteiger partial charge >= 0.3 is 0 Å². The van der Waals surface area contributed by atoms with Gasteiger partial charge in [-0.15, -0.1) is 0 Å². The lowest BCUT2D eigenvalue weighted by molar-refractivity contribution is -0.119. The molecule has 1 aromatic rings. The van der Waals surface area contributed by atoms with Crippen molar-refractivity contribution >= 4 is 27.5 Å². The zero-order valence-electron chi connectivity index (χ0n) is 19.5. The Kier molecular flexibility index (Phi) is 5.91. The lowest BCUT2D eigenvalue weighted by atomic mass is 9.63. The third-order valence-corrected chi connectivity index (χ3v) is 7.48. The zero-order valence-corrected chi connectivity index (χ0v) is 21.1. The topological polar surface area (TPSA) is 66.8 Å². The van der Waals surface area contributed by atoms with Gasteiger partial charge in [-0.05, 0) is 57.3 Å². The smallest absolute Gasteiger partial charge is 0.162 e. The normalized spacial score (nSPS) is 22.9. The first-order valence-electron chi connectivity index (χ1n) is 11.2. The lowest BCUT2D eigenvalue weighted by Crippen LogP contribution is -2.45. The average molecular weight is 502 g/mol. The summed E-state index contributed by atoms with van der Waals surface area (Å²) >= 11 is 3.42. The molecule has 4 rings (SSSR count). The molecule has 6 heteroatoms. The van der Waals surface area contributed by atoms with E-state index < -0.39 is 5.92 Å². The Hall–Kier alpha value is -1.92. The predicted molar refractivity (Wildman–Crippen MR) is 127 cm³/mol. The van der Waals surface area contributed by atoms with Crippen molar-refractivity contribution in [2.45, 2.75) is 59.3 Å². The fourth-order valence-electron chi connectivity index (χ4n) is 5.54. The minimum absolute atomic E-state index is 0.108. The van der Waals surface area contributed by atoms with Crippen LogP contribution < -0.4 is 0 Å². The number of methoxy groups -OCH3 is 1. The van der Waals surface area contributed by atoms with E-state index in [-0.39, 0.29) is 28.1 Å². The molecule has 2 aliphatic carbocycles. The van der Waals surface area contributed by atoms with Crippen LogP contribution in [0.1, 0.15) is 64.9 Å². The number of hydrogen-bond acceptors (Lipinski definition) is 5. The first-order valence-corrected chi connectivity index (χ1v) is 12.0. The highest BCUT2D eigenvalue weighted by Gasteiger charge is 2.48. The highest BCUT2D eigenvalue weighted by molar-refractivity contribution is 9.10. The van der Waals surface area contributed by atoms with E-state index >= 15 is 0 Å². The van der Waals surface area contributed by atoms with Crippen LogP contribution in [0.5, 0.6) is 5.75 Å². The maximum atomic E-state index is 13.6. The monoisotopic (exact) mass is 501 g/mol. The number of rotatable bonds is 4. The molecule has 0 fully saturated rings. The highest BCUT2D eigenvalue weighted by Crippen LogP contribution is 2.54. The molecule has 0 radical (unpaired) electrons. The Labute approximate surface area is 198 Å². The number of ketones is 2. The van der Waals surface area contributed by atoms with E-state index in [1.54, 1.807) is 13.2 Å². The molecule has 0 saturated carbocycles. The van der Waals surface area contributed by atoms with Crippen molar-refractivity contribution in [3.8, 4) is 5.75 Å². The van der Waals surface area contributed by atoms with Gasteiger partial charge < -0.3 is 14.7 Å². The van der Waals surface area contributed by atoms with Gasteiger partial charge in [0, 0.05) is 55.0 Å². The minimum atomic E-state index is -0.400. The van der Waals surface area contributed by atoms with Gasteiger partial charge in [-0.1, -0.05) is 33.8 Å². The summed E-state index contributed by atoms with van der Waals surface area (Å²) in [4.78, 5) is 29.4. The molecule has 1 aliphatic heterocycles. The van der Waals surface area contributed by atoms with Crippen molar-refractivity contribution in [2.24, 2.45) is 10.8 Å². The Balaban J connectivity index is 1.99. The van der Waals surface area contributed by atoms with E-state index in [9.17, 15) is 14.7 Å². The second-order valence-electron chi connectivity index (χ2n) is 10.9. The maximum absolute atomic E-state index is 13.6. The molecule has 1 N–H and O–H groups in total. The number of Topliss-reactive ketones (excluding diaryl/α,β-unsaturated/α-hetero) is 2. The number of phenols is 1. The summed E-state index contributed by atoms with van der Waals surface area (Å²) in [7, 11) is 1.68. The van der Waals surface area contributed by atoms with Crippen molar-refractivity contribution in [3.63, 3.8) is 0 Å². The van der Waals surface area contributed by atoms with Gasteiger partial charge in [-0.2, -0.15) is 0 Å². The molecule has 32 heavy (non-hydrogen) atoms. The second-order valence-corrected chi connectivity index (χ2v) is 11.7. The summed E-state index contributed by atoms with van der Waals surface area (Å²) < 4.78 is 5.97. The van der Waals surface area contributed by atoms with Crippen LogP contribution in [0.15, 0.2) is 45.2 Å². The van der Waals surface area contributed by atoms with Crippen molar-refractivity contribution in [1.29, 1.82) is 0 Å². The molecule has 0 amide bonds. The Morgan fingerprint density at radius 1 is 1.00 bits per heavy atom. The molecular weight excluding hydrogens is 470 g/mol. The third-order valence-electron chi connectivity index (χ3n) is 6.85. The maximum Gasteiger partial charge on any atom is 0.162 e. The summed E-state index contributed by atoms with van der Waals surface area (Å²) in [6.45, 7) is 9.67. The highest BCUT2D eigenvalue weighted by atomic mass is 79.9. The molecule has 3 aliphatic rings. The summed E-state index contributed by atoms with van der Waals surface area (Å²) in [5, 5.41) is 10.1. The minimum Gasteiger partial charge on any atom is -0.507 e. The number of carbonyl (C=O) groups excluding carboxylic acids is 2. The SMILES string of the molecule is COCCN1C2=C(C(=O)CC(C)(C)C2)C(c2ccc(O)c(Br)c2)C2=C1CC(C)(C)CC2=O. The molecule has 172 valence electrons. The molecule has 0 bridgehead atoms. The Bertz CT molecular complexity index is 996. The first kappa shape index (κ1) is 23.2. The third kappa shape index (κ3) is 4.08. The van der Waals surface area contributed by atoms with Crippen LogP contribution in [0.25, 0.3) is 0 Å². The number of allylic oxidation sites excluding steroid dienone is 4. The number of carbonyl (C=O) groups is 2. The van der Waals surface area contributed by atoms with Crippen molar-refractivity contribution in [3.05, 3.63) is 50.8 Å². The van der Waals surface area contributed by atoms with Crippen LogP contribution in [0.4, 0.5) is 0 Å². The van der Waals surface area contributed by atoms with E-state index in [1.165, 1.54) is 0 Å². The van der Waals surface area contributed by atoms with E-state index in [0.29, 0.717) is 30.5 Å². The molecule has 0 saturated heterocycles. The fourth-order valence-corrected chi connectivity index (χ4v) is 5.93. The first-order chi connectivity index (χ1) is 14.9. The van der Waals surface area contributed by atoms with Crippen molar-refractivity contribution in [1.82, 2.24) is 4.90 Å². The van der Waals surface area contributed by atoms with Gasteiger partial charge in [-0.3, -0.25) is 9.59 Å². The number of hydrogen-bond donors (Lipinski definition) is 1. The standard InChI is InChI=1S/C26H32BrNO4/c1-25(2)11-17-23(20(30)13-25)22(15-6-7-19(29)16(27)10-15)24-18(28(17)8-9-32-5)12-26(3,4)14-21(24)31/h6-7,10,22,29H,8-9,11-14H2,1-5H3. The molecule has 0 atom stereocenters. The van der Waals surface area contributed by atoms with Gasteiger partial charge in [0.15, 0.2) is 11.6 Å². The van der Waals surface area contributed by atoms with Crippen LogP contribution in [-0.4, -0.2) is 41.8 Å². The lowest BCUT2D eigenvalue weighted by Gasteiger charge is -2.49. The summed E-state index contributed by atoms with van der Waals surface area (Å²) in [6, 6.07) is 5.32. The number of ether oxygens (including phenoxy) is 1. The largest absolute Gasteiger partial charge is 0.507 e. The number of nitrogens with zero attached hydrogens (tertiary/aromatic N) is 1. The summed E-state index contributed by atoms with van der Waals surface area (Å²) in [5.74, 6) is -0.0427. The van der Waals surface area contributed by atoms with E-state index in [4.69, 9.17) is 4.74 Å². The van der Waals surface area contributed by atoms with Gasteiger partial charge in [0.25, 0.3) is 0 Å². The van der Waals surface area contributed by atoms with Crippen LogP contribution in [0.2, 0.25) is 0 Å². The van der Waals surface area contributed by atoms with Gasteiger partial charge in [0.1, 0.15) is 5.75 Å². The Morgan fingerprint density at radius 2 is 1.53 bits per heavy atom. The van der Waals surface area contributed by atoms with Crippen LogP contribution in [-0.2, 0) is 14.3 Å². The number of halogens is 1. The molecule has 1 heterocycles. The number of aromatic hydroxyl groups is 1.